The van der Waals surface area contributed by atoms with Gasteiger partial charge in [-0.2, -0.15) is 4.72 Å². The van der Waals surface area contributed by atoms with Gasteiger partial charge < -0.3 is 5.32 Å². The lowest BCUT2D eigenvalue weighted by Crippen LogP contribution is -2.41. The molecule has 1 atom stereocenters. The summed E-state index contributed by atoms with van der Waals surface area (Å²) in [6, 6.07) is 14.4. The van der Waals surface area contributed by atoms with Crippen molar-refractivity contribution in [3.05, 3.63) is 54.6 Å². The van der Waals surface area contributed by atoms with Crippen molar-refractivity contribution < 1.29 is 13.2 Å². The number of hydrogen-bond donors (Lipinski definition) is 2. The van der Waals surface area contributed by atoms with Crippen LogP contribution in [0.5, 0.6) is 0 Å². The third-order valence-electron chi connectivity index (χ3n) is 3.12. The number of carbonyl (C=O) groups is 1. The maximum atomic E-state index is 12.2. The van der Waals surface area contributed by atoms with E-state index >= 15 is 0 Å². The molecule has 0 unspecified atom stereocenters. The minimum atomic E-state index is -3.72. The van der Waals surface area contributed by atoms with Crippen LogP contribution in [0.2, 0.25) is 0 Å². The van der Waals surface area contributed by atoms with Gasteiger partial charge in [-0.15, -0.1) is 11.8 Å². The molecule has 0 aliphatic heterocycles. The highest BCUT2D eigenvalue weighted by Gasteiger charge is 2.21. The Kier molecular flexibility index (Phi) is 5.81. The molecule has 23 heavy (non-hydrogen) atoms. The summed E-state index contributed by atoms with van der Waals surface area (Å²) in [6.07, 6.45) is 1.94. The highest BCUT2D eigenvalue weighted by atomic mass is 32.2. The summed E-state index contributed by atoms with van der Waals surface area (Å²) >= 11 is 1.56. The van der Waals surface area contributed by atoms with Gasteiger partial charge in [-0.1, -0.05) is 24.3 Å². The molecule has 2 aromatic rings. The van der Waals surface area contributed by atoms with Crippen LogP contribution in [0.25, 0.3) is 0 Å². The van der Waals surface area contributed by atoms with Crippen molar-refractivity contribution in [2.45, 2.75) is 22.8 Å². The Morgan fingerprint density at radius 3 is 2.43 bits per heavy atom. The van der Waals surface area contributed by atoms with Gasteiger partial charge >= 0.3 is 0 Å². The van der Waals surface area contributed by atoms with Crippen LogP contribution >= 0.6 is 11.8 Å². The van der Waals surface area contributed by atoms with Crippen molar-refractivity contribution in [3.8, 4) is 0 Å². The molecule has 2 N–H and O–H groups in total. The topological polar surface area (TPSA) is 75.3 Å². The van der Waals surface area contributed by atoms with Crippen LogP contribution in [-0.4, -0.2) is 26.6 Å². The Morgan fingerprint density at radius 1 is 1.09 bits per heavy atom. The molecule has 1 amide bonds. The van der Waals surface area contributed by atoms with Gasteiger partial charge in [0.05, 0.1) is 10.9 Å². The molecule has 122 valence electrons. The van der Waals surface area contributed by atoms with E-state index in [1.807, 2.05) is 24.5 Å². The molecule has 0 saturated carbocycles. The highest BCUT2D eigenvalue weighted by molar-refractivity contribution is 7.98. The van der Waals surface area contributed by atoms with E-state index in [1.54, 1.807) is 36.0 Å². The Labute approximate surface area is 140 Å². The summed E-state index contributed by atoms with van der Waals surface area (Å²) in [4.78, 5) is 13.3. The van der Waals surface area contributed by atoms with Crippen LogP contribution < -0.4 is 10.0 Å². The molecule has 0 spiro atoms. The van der Waals surface area contributed by atoms with Crippen LogP contribution in [0.3, 0.4) is 0 Å². The summed E-state index contributed by atoms with van der Waals surface area (Å²) in [7, 11) is -3.72. The van der Waals surface area contributed by atoms with Gasteiger partial charge in [-0.25, -0.2) is 8.42 Å². The van der Waals surface area contributed by atoms with Crippen molar-refractivity contribution in [2.75, 3.05) is 11.6 Å². The number of nitrogens with one attached hydrogen (secondary N) is 2. The van der Waals surface area contributed by atoms with Crippen molar-refractivity contribution >= 4 is 33.4 Å². The first-order valence-electron chi connectivity index (χ1n) is 6.94. The molecule has 0 saturated heterocycles. The van der Waals surface area contributed by atoms with Gasteiger partial charge in [0.2, 0.25) is 15.9 Å². The largest absolute Gasteiger partial charge is 0.325 e. The van der Waals surface area contributed by atoms with E-state index in [9.17, 15) is 13.2 Å². The maximum absolute atomic E-state index is 12.2. The third-order valence-corrected chi connectivity index (χ3v) is 5.40. The van der Waals surface area contributed by atoms with Crippen LogP contribution in [0.15, 0.2) is 64.4 Å². The van der Waals surface area contributed by atoms with E-state index in [2.05, 4.69) is 10.0 Å². The first kappa shape index (κ1) is 17.5. The molecule has 0 aliphatic carbocycles. The molecule has 0 aliphatic rings. The SMILES string of the molecule is CSc1cccc(NC(=O)[C@@H](C)NS(=O)(=O)c2ccccc2)c1. The summed E-state index contributed by atoms with van der Waals surface area (Å²) in [5.74, 6) is -0.414. The number of amides is 1. The molecular formula is C16H18N2O3S2. The zero-order valence-corrected chi connectivity index (χ0v) is 14.4. The molecule has 0 radical (unpaired) electrons. The monoisotopic (exact) mass is 350 g/mol. The lowest BCUT2D eigenvalue weighted by molar-refractivity contribution is -0.117. The van der Waals surface area contributed by atoms with E-state index < -0.39 is 22.0 Å². The zero-order chi connectivity index (χ0) is 16.9. The number of rotatable bonds is 6. The summed E-state index contributed by atoms with van der Waals surface area (Å²) in [5.41, 5.74) is 0.632. The Hall–Kier alpha value is -1.83. The normalized spacial score (nSPS) is 12.6. The number of hydrogen-bond acceptors (Lipinski definition) is 4. The van der Waals surface area contributed by atoms with E-state index in [0.717, 1.165) is 4.90 Å². The average molecular weight is 350 g/mol. The van der Waals surface area contributed by atoms with Crippen molar-refractivity contribution in [2.24, 2.45) is 0 Å². The number of thioether (sulfide) groups is 1. The van der Waals surface area contributed by atoms with Crippen LogP contribution in [0, 0.1) is 0 Å². The van der Waals surface area contributed by atoms with E-state index in [0.29, 0.717) is 5.69 Å². The predicted octanol–water partition coefficient (Wildman–Crippen LogP) is 2.71. The molecule has 0 heterocycles. The molecule has 5 nitrogen and oxygen atoms in total. The minimum absolute atomic E-state index is 0.129. The number of anilines is 1. The Morgan fingerprint density at radius 2 is 1.78 bits per heavy atom. The van der Waals surface area contributed by atoms with E-state index in [4.69, 9.17) is 0 Å². The van der Waals surface area contributed by atoms with Gasteiger partial charge in [0.15, 0.2) is 0 Å². The van der Waals surface area contributed by atoms with Gasteiger partial charge in [0.1, 0.15) is 0 Å². The second-order valence-electron chi connectivity index (χ2n) is 4.88. The first-order valence-corrected chi connectivity index (χ1v) is 9.65. The molecular weight excluding hydrogens is 332 g/mol. The van der Waals surface area contributed by atoms with Crippen LogP contribution in [-0.2, 0) is 14.8 Å². The number of carbonyl (C=O) groups excluding carboxylic acids is 1. The lowest BCUT2D eigenvalue weighted by Gasteiger charge is -2.14. The fourth-order valence-corrected chi connectivity index (χ4v) is 3.59. The Bertz CT molecular complexity index is 777. The van der Waals surface area contributed by atoms with Crippen molar-refractivity contribution in [1.29, 1.82) is 0 Å². The first-order chi connectivity index (χ1) is 10.9. The van der Waals surface area contributed by atoms with Gasteiger partial charge in [-0.3, -0.25) is 4.79 Å². The van der Waals surface area contributed by atoms with Gasteiger partial charge in [0.25, 0.3) is 0 Å². The number of benzene rings is 2. The minimum Gasteiger partial charge on any atom is -0.325 e. The van der Waals surface area contributed by atoms with Crippen LogP contribution in [0.1, 0.15) is 6.92 Å². The second-order valence-corrected chi connectivity index (χ2v) is 7.47. The van der Waals surface area contributed by atoms with E-state index in [1.165, 1.54) is 19.1 Å². The highest BCUT2D eigenvalue weighted by Crippen LogP contribution is 2.19. The quantitative estimate of drug-likeness (QED) is 0.786. The van der Waals surface area contributed by atoms with Gasteiger partial charge in [-0.05, 0) is 43.5 Å². The zero-order valence-electron chi connectivity index (χ0n) is 12.8. The molecule has 0 bridgehead atoms. The summed E-state index contributed by atoms with van der Waals surface area (Å²) in [5, 5.41) is 2.71. The molecule has 2 rings (SSSR count). The standard InChI is InChI=1S/C16H18N2O3S2/c1-12(18-23(20,21)15-9-4-3-5-10-15)16(19)17-13-7-6-8-14(11-13)22-2/h3-12,18H,1-2H3,(H,17,19)/t12-/m1/s1. The van der Waals surface area contributed by atoms with Crippen molar-refractivity contribution in [1.82, 2.24) is 4.72 Å². The lowest BCUT2D eigenvalue weighted by atomic mass is 10.3. The molecule has 0 aromatic heterocycles. The summed E-state index contributed by atoms with van der Waals surface area (Å²) < 4.78 is 26.8. The molecule has 7 heteroatoms. The smallest absolute Gasteiger partial charge is 0.242 e. The fraction of sp³-hybridized carbons (Fsp3) is 0.188. The predicted molar refractivity (Wildman–Crippen MR) is 93.1 cm³/mol. The second kappa shape index (κ2) is 7.63. The van der Waals surface area contributed by atoms with Gasteiger partial charge in [0, 0.05) is 10.6 Å². The Balaban J connectivity index is 2.05. The third kappa shape index (κ3) is 4.82. The fourth-order valence-electron chi connectivity index (χ4n) is 1.91. The number of sulfonamides is 1. The molecule has 2 aromatic carbocycles. The van der Waals surface area contributed by atoms with Crippen molar-refractivity contribution in [3.63, 3.8) is 0 Å². The maximum Gasteiger partial charge on any atom is 0.242 e. The van der Waals surface area contributed by atoms with E-state index in [-0.39, 0.29) is 4.90 Å². The molecule has 0 fully saturated rings. The average Bonchev–Trinajstić information content (AvgIpc) is 2.55. The van der Waals surface area contributed by atoms with Crippen LogP contribution in [0.4, 0.5) is 5.69 Å². The summed E-state index contributed by atoms with van der Waals surface area (Å²) in [6.45, 7) is 1.51.